The first-order chi connectivity index (χ1) is 13.9. The number of halogens is 4. The fourth-order valence-corrected chi connectivity index (χ4v) is 2.83. The molecule has 0 saturated carbocycles. The minimum Gasteiger partial charge on any atom is -0.485 e. The Morgan fingerprint density at radius 3 is 2.28 bits per heavy atom. The lowest BCUT2D eigenvalue weighted by Crippen LogP contribution is -2.06. The van der Waals surface area contributed by atoms with Crippen LogP contribution in [-0.4, -0.2) is 0 Å². The van der Waals surface area contributed by atoms with E-state index in [1.165, 1.54) is 6.07 Å². The Kier molecular flexibility index (Phi) is 5.74. The highest BCUT2D eigenvalue weighted by atomic mass is 19.2. The first-order valence-electron chi connectivity index (χ1n) is 8.65. The van der Waals surface area contributed by atoms with E-state index in [1.54, 1.807) is 24.3 Å². The van der Waals surface area contributed by atoms with E-state index < -0.39 is 52.5 Å². The summed E-state index contributed by atoms with van der Waals surface area (Å²) in [6.45, 7) is 1.16. The number of ether oxygens (including phenoxy) is 1. The van der Waals surface area contributed by atoms with E-state index in [1.807, 2.05) is 6.92 Å². The maximum Gasteiger partial charge on any atom is 0.202 e. The van der Waals surface area contributed by atoms with Crippen molar-refractivity contribution in [1.29, 1.82) is 5.26 Å². The van der Waals surface area contributed by atoms with E-state index in [-0.39, 0.29) is 11.1 Å². The average Bonchev–Trinajstić information content (AvgIpc) is 2.71. The zero-order chi connectivity index (χ0) is 21.1. The van der Waals surface area contributed by atoms with Gasteiger partial charge in [-0.05, 0) is 29.7 Å². The maximum atomic E-state index is 14.9. The molecule has 7 heteroatoms. The van der Waals surface area contributed by atoms with Crippen LogP contribution in [0.1, 0.15) is 23.6 Å². The normalized spacial score (nSPS) is 10.6. The van der Waals surface area contributed by atoms with Crippen LogP contribution in [-0.2, 0) is 18.1 Å². The van der Waals surface area contributed by atoms with Crippen molar-refractivity contribution in [3.8, 4) is 28.7 Å². The van der Waals surface area contributed by atoms with Gasteiger partial charge in [0.25, 0.3) is 0 Å². The Balaban J connectivity index is 1.96. The Hall–Kier alpha value is -3.53. The van der Waals surface area contributed by atoms with Gasteiger partial charge in [-0.3, -0.25) is 5.11 Å². The summed E-state index contributed by atoms with van der Waals surface area (Å²) < 4.78 is 61.8. The fraction of sp³-hybridized carbons (Fsp3) is 0.136. The van der Waals surface area contributed by atoms with Crippen molar-refractivity contribution in [3.05, 3.63) is 82.4 Å². The number of aryl methyl sites for hydroxylation is 1. The Morgan fingerprint density at radius 1 is 0.966 bits per heavy atom. The van der Waals surface area contributed by atoms with Crippen LogP contribution in [0.5, 0.6) is 11.5 Å². The largest absolute Gasteiger partial charge is 0.485 e. The van der Waals surface area contributed by atoms with Gasteiger partial charge in [0.05, 0.1) is 16.7 Å². The highest BCUT2D eigenvalue weighted by molar-refractivity contribution is 5.72. The van der Waals surface area contributed by atoms with Gasteiger partial charge in [-0.15, -0.1) is 0 Å². The van der Waals surface area contributed by atoms with Crippen molar-refractivity contribution in [2.24, 2.45) is 0 Å². The summed E-state index contributed by atoms with van der Waals surface area (Å²) in [5.74, 6) is -6.60. The SMILES string of the molecule is CCc1ccc(-c2c([O])cc(F)c(COc3ccc(C#N)c(F)c3F)c2F)cc1. The third-order valence-electron chi connectivity index (χ3n) is 4.47. The number of nitriles is 1. The molecule has 29 heavy (non-hydrogen) atoms. The molecule has 3 rings (SSSR count). The zero-order valence-electron chi connectivity index (χ0n) is 15.2. The first kappa shape index (κ1) is 20.2. The van der Waals surface area contributed by atoms with Crippen molar-refractivity contribution in [1.82, 2.24) is 0 Å². The molecule has 0 aromatic heterocycles. The summed E-state index contributed by atoms with van der Waals surface area (Å²) in [6.07, 6.45) is 0.752. The molecule has 3 nitrogen and oxygen atoms in total. The molecule has 0 saturated heterocycles. The molecule has 0 spiro atoms. The van der Waals surface area contributed by atoms with Crippen LogP contribution in [0.3, 0.4) is 0 Å². The Morgan fingerprint density at radius 2 is 1.66 bits per heavy atom. The minimum atomic E-state index is -1.44. The predicted molar refractivity (Wildman–Crippen MR) is 96.7 cm³/mol. The van der Waals surface area contributed by atoms with E-state index in [9.17, 15) is 22.7 Å². The van der Waals surface area contributed by atoms with Gasteiger partial charge in [0.2, 0.25) is 5.82 Å². The molecule has 1 radical (unpaired) electrons. The van der Waals surface area contributed by atoms with Crippen LogP contribution in [0.2, 0.25) is 0 Å². The lowest BCUT2D eigenvalue weighted by molar-refractivity contribution is 0.272. The van der Waals surface area contributed by atoms with Crippen molar-refractivity contribution >= 4 is 0 Å². The molecule has 147 valence electrons. The van der Waals surface area contributed by atoms with Gasteiger partial charge in [-0.1, -0.05) is 31.2 Å². The van der Waals surface area contributed by atoms with Crippen molar-refractivity contribution in [2.45, 2.75) is 20.0 Å². The smallest absolute Gasteiger partial charge is 0.202 e. The molecule has 0 aliphatic heterocycles. The highest BCUT2D eigenvalue weighted by Gasteiger charge is 2.22. The second-order valence-electron chi connectivity index (χ2n) is 6.21. The molecule has 0 heterocycles. The molecule has 3 aromatic rings. The van der Waals surface area contributed by atoms with Gasteiger partial charge < -0.3 is 4.74 Å². The summed E-state index contributed by atoms with van der Waals surface area (Å²) >= 11 is 0. The Labute approximate surface area is 164 Å². The molecule has 0 N–H and O–H groups in total. The van der Waals surface area contributed by atoms with E-state index in [0.29, 0.717) is 6.07 Å². The van der Waals surface area contributed by atoms with Gasteiger partial charge >= 0.3 is 0 Å². The van der Waals surface area contributed by atoms with Crippen LogP contribution >= 0.6 is 0 Å². The molecule has 0 atom stereocenters. The van der Waals surface area contributed by atoms with Crippen LogP contribution in [0.4, 0.5) is 17.6 Å². The monoisotopic (exact) mass is 400 g/mol. The fourth-order valence-electron chi connectivity index (χ4n) is 2.83. The number of hydrogen-bond acceptors (Lipinski definition) is 2. The van der Waals surface area contributed by atoms with Gasteiger partial charge in [0.1, 0.15) is 24.3 Å². The maximum absolute atomic E-state index is 14.9. The second-order valence-corrected chi connectivity index (χ2v) is 6.21. The lowest BCUT2D eigenvalue weighted by atomic mass is 9.99. The number of rotatable bonds is 5. The van der Waals surface area contributed by atoms with E-state index in [0.717, 1.165) is 24.1 Å². The summed E-state index contributed by atoms with van der Waals surface area (Å²) in [7, 11) is 0. The number of benzene rings is 3. The lowest BCUT2D eigenvalue weighted by Gasteiger charge is -2.13. The third kappa shape index (κ3) is 3.87. The molecule has 0 unspecified atom stereocenters. The van der Waals surface area contributed by atoms with Crippen LogP contribution in [0, 0.1) is 34.6 Å². The van der Waals surface area contributed by atoms with Crippen LogP contribution in [0.25, 0.3) is 11.1 Å². The molecule has 3 aromatic carbocycles. The van der Waals surface area contributed by atoms with Gasteiger partial charge in [-0.25, -0.2) is 13.2 Å². The summed E-state index contributed by atoms with van der Waals surface area (Å²) in [4.78, 5) is 0. The van der Waals surface area contributed by atoms with Crippen molar-refractivity contribution < 1.29 is 27.4 Å². The molecule has 0 fully saturated rings. The Bertz CT molecular complexity index is 1110. The average molecular weight is 400 g/mol. The number of nitrogens with zero attached hydrogens (tertiary/aromatic N) is 1. The quantitative estimate of drug-likeness (QED) is 0.488. The van der Waals surface area contributed by atoms with Gasteiger partial charge in [-0.2, -0.15) is 9.65 Å². The van der Waals surface area contributed by atoms with Crippen molar-refractivity contribution in [2.75, 3.05) is 0 Å². The highest BCUT2D eigenvalue weighted by Crippen LogP contribution is 2.36. The van der Waals surface area contributed by atoms with Gasteiger partial charge in [0, 0.05) is 6.07 Å². The summed E-state index contributed by atoms with van der Waals surface area (Å²) in [5, 5.41) is 20.8. The third-order valence-corrected chi connectivity index (χ3v) is 4.47. The topological polar surface area (TPSA) is 52.9 Å². The molecule has 0 aliphatic carbocycles. The van der Waals surface area contributed by atoms with E-state index in [2.05, 4.69) is 0 Å². The molecular formula is C22H14F4NO2. The molecule has 0 amide bonds. The summed E-state index contributed by atoms with van der Waals surface area (Å²) in [5.41, 5.74) is -0.213. The van der Waals surface area contributed by atoms with E-state index >= 15 is 0 Å². The van der Waals surface area contributed by atoms with Gasteiger partial charge in [0.15, 0.2) is 17.3 Å². The first-order valence-corrected chi connectivity index (χ1v) is 8.65. The minimum absolute atomic E-state index is 0.265. The molecular weight excluding hydrogens is 386 g/mol. The second kappa shape index (κ2) is 8.23. The molecule has 0 aliphatic rings. The van der Waals surface area contributed by atoms with Crippen LogP contribution < -0.4 is 4.74 Å². The van der Waals surface area contributed by atoms with Crippen molar-refractivity contribution in [3.63, 3.8) is 0 Å². The van der Waals surface area contributed by atoms with E-state index in [4.69, 9.17) is 10.00 Å². The predicted octanol–water partition coefficient (Wildman–Crippen LogP) is 6.07. The molecule has 0 bridgehead atoms. The van der Waals surface area contributed by atoms with Crippen LogP contribution in [0.15, 0.2) is 42.5 Å². The standard InChI is InChI=1S/C22H14F4NO2/c1-2-12-3-5-13(6-4-12)19-17(28)9-16(23)15(21(19)25)11-29-18-8-7-14(10-27)20(24)22(18)26/h3-9H,2,11H2,1H3. The number of hydrogen-bond donors (Lipinski definition) is 0. The zero-order valence-corrected chi connectivity index (χ0v) is 15.2. The summed E-state index contributed by atoms with van der Waals surface area (Å²) in [6, 6.07) is 10.6.